The van der Waals surface area contributed by atoms with Crippen molar-refractivity contribution in [1.29, 1.82) is 0 Å². The zero-order valence-electron chi connectivity index (χ0n) is 12.5. The van der Waals surface area contributed by atoms with E-state index < -0.39 is 0 Å². The Bertz CT molecular complexity index is 614. The molecule has 0 aliphatic heterocycles. The number of nitrogens with one attached hydrogen (secondary N) is 1. The number of methoxy groups -OCH3 is 3. The molecule has 0 atom stereocenters. The van der Waals surface area contributed by atoms with Crippen LogP contribution >= 0.6 is 0 Å². The van der Waals surface area contributed by atoms with Crippen LogP contribution in [0.15, 0.2) is 36.4 Å². The van der Waals surface area contributed by atoms with Crippen LogP contribution in [-0.4, -0.2) is 21.3 Å². The first-order chi connectivity index (χ1) is 10.2. The molecule has 0 heterocycles. The molecule has 21 heavy (non-hydrogen) atoms. The minimum absolute atomic E-state index is 0.601. The van der Waals surface area contributed by atoms with Gasteiger partial charge in [0, 0.05) is 24.2 Å². The quantitative estimate of drug-likeness (QED) is 0.800. The second-order valence-electron chi connectivity index (χ2n) is 4.48. The summed E-state index contributed by atoms with van der Waals surface area (Å²) in [5.74, 6) is 2.27. The fraction of sp³-hybridized carbons (Fsp3) is 0.250. The van der Waals surface area contributed by atoms with Crippen molar-refractivity contribution in [1.82, 2.24) is 0 Å². The molecule has 0 aromatic heterocycles. The number of hydrogen-bond acceptors (Lipinski definition) is 5. The van der Waals surface area contributed by atoms with Crippen molar-refractivity contribution < 1.29 is 14.2 Å². The van der Waals surface area contributed by atoms with E-state index in [9.17, 15) is 0 Å². The lowest BCUT2D eigenvalue weighted by Gasteiger charge is -2.13. The lowest BCUT2D eigenvalue weighted by molar-refractivity contribution is 0.391. The van der Waals surface area contributed by atoms with Gasteiger partial charge >= 0.3 is 0 Å². The molecule has 0 saturated heterocycles. The van der Waals surface area contributed by atoms with Gasteiger partial charge < -0.3 is 25.3 Å². The molecule has 0 radical (unpaired) electrons. The highest BCUT2D eigenvalue weighted by atomic mass is 16.5. The summed E-state index contributed by atoms with van der Waals surface area (Å²) in [6, 6.07) is 11.3. The number of nitrogen functional groups attached to an aromatic ring is 1. The summed E-state index contributed by atoms with van der Waals surface area (Å²) < 4.78 is 15.7. The molecule has 0 amide bonds. The van der Waals surface area contributed by atoms with Crippen molar-refractivity contribution in [2.24, 2.45) is 0 Å². The molecular weight excluding hydrogens is 268 g/mol. The molecule has 5 heteroatoms. The molecular formula is C16H20N2O3. The molecule has 3 N–H and O–H groups in total. The van der Waals surface area contributed by atoms with Crippen LogP contribution in [0.2, 0.25) is 0 Å². The minimum atomic E-state index is 0.601. The van der Waals surface area contributed by atoms with E-state index in [0.717, 1.165) is 28.5 Å². The predicted octanol–water partition coefficient (Wildman–Crippen LogP) is 2.91. The van der Waals surface area contributed by atoms with E-state index in [1.807, 2.05) is 30.3 Å². The number of benzene rings is 2. The summed E-state index contributed by atoms with van der Waals surface area (Å²) in [5.41, 5.74) is 8.50. The minimum Gasteiger partial charge on any atom is -0.497 e. The average Bonchev–Trinajstić information content (AvgIpc) is 2.53. The van der Waals surface area contributed by atoms with Crippen molar-refractivity contribution in [3.63, 3.8) is 0 Å². The Labute approximate surface area is 124 Å². The average molecular weight is 288 g/mol. The normalized spacial score (nSPS) is 10.0. The zero-order valence-corrected chi connectivity index (χ0v) is 12.5. The van der Waals surface area contributed by atoms with E-state index in [1.54, 1.807) is 27.4 Å². The van der Waals surface area contributed by atoms with Crippen LogP contribution in [0.4, 0.5) is 11.4 Å². The Balaban J connectivity index is 2.12. The fourth-order valence-corrected chi connectivity index (χ4v) is 2.02. The first-order valence-electron chi connectivity index (χ1n) is 6.56. The Morgan fingerprint density at radius 1 is 0.905 bits per heavy atom. The van der Waals surface area contributed by atoms with E-state index in [4.69, 9.17) is 19.9 Å². The van der Waals surface area contributed by atoms with Gasteiger partial charge in [-0.1, -0.05) is 0 Å². The van der Waals surface area contributed by atoms with Crippen LogP contribution in [0.1, 0.15) is 5.56 Å². The van der Waals surface area contributed by atoms with Gasteiger partial charge in [-0.05, 0) is 24.3 Å². The van der Waals surface area contributed by atoms with Crippen molar-refractivity contribution in [3.05, 3.63) is 42.0 Å². The monoisotopic (exact) mass is 288 g/mol. The smallest absolute Gasteiger partial charge is 0.127 e. The Morgan fingerprint density at radius 2 is 1.57 bits per heavy atom. The second-order valence-corrected chi connectivity index (χ2v) is 4.48. The molecule has 0 aliphatic carbocycles. The SMILES string of the molecule is COc1ccc(NCc2ccc(OC)cc2OC)c(N)c1. The maximum absolute atomic E-state index is 5.98. The van der Waals surface area contributed by atoms with E-state index in [0.29, 0.717) is 12.2 Å². The molecule has 2 aromatic rings. The molecule has 2 rings (SSSR count). The van der Waals surface area contributed by atoms with Gasteiger partial charge in [0.05, 0.1) is 32.7 Å². The van der Waals surface area contributed by atoms with Crippen LogP contribution in [-0.2, 0) is 6.54 Å². The van der Waals surface area contributed by atoms with Gasteiger partial charge in [-0.25, -0.2) is 0 Å². The first-order valence-corrected chi connectivity index (χ1v) is 6.56. The van der Waals surface area contributed by atoms with Gasteiger partial charge in [-0.3, -0.25) is 0 Å². The van der Waals surface area contributed by atoms with Crippen LogP contribution in [0.25, 0.3) is 0 Å². The summed E-state index contributed by atoms with van der Waals surface area (Å²) in [6.45, 7) is 0.601. The van der Waals surface area contributed by atoms with Crippen molar-refractivity contribution in [2.75, 3.05) is 32.4 Å². The van der Waals surface area contributed by atoms with Crippen molar-refractivity contribution in [2.45, 2.75) is 6.54 Å². The summed E-state index contributed by atoms with van der Waals surface area (Å²) >= 11 is 0. The Hall–Kier alpha value is -2.56. The third-order valence-corrected chi connectivity index (χ3v) is 3.22. The fourth-order valence-electron chi connectivity index (χ4n) is 2.02. The van der Waals surface area contributed by atoms with Crippen LogP contribution < -0.4 is 25.3 Å². The van der Waals surface area contributed by atoms with Crippen molar-refractivity contribution in [3.8, 4) is 17.2 Å². The lowest BCUT2D eigenvalue weighted by atomic mass is 10.1. The first kappa shape index (κ1) is 14.8. The highest BCUT2D eigenvalue weighted by Gasteiger charge is 2.06. The van der Waals surface area contributed by atoms with Gasteiger partial charge in [0.2, 0.25) is 0 Å². The third kappa shape index (κ3) is 3.51. The van der Waals surface area contributed by atoms with E-state index in [2.05, 4.69) is 5.32 Å². The number of hydrogen-bond donors (Lipinski definition) is 2. The Morgan fingerprint density at radius 3 is 2.19 bits per heavy atom. The standard InChI is InChI=1S/C16H20N2O3/c1-19-12-6-7-15(14(17)8-12)18-10-11-4-5-13(20-2)9-16(11)21-3/h4-9,18H,10,17H2,1-3H3. The summed E-state index contributed by atoms with van der Waals surface area (Å²) in [6.07, 6.45) is 0. The number of rotatable bonds is 6. The second kappa shape index (κ2) is 6.74. The molecule has 0 aliphatic rings. The maximum atomic E-state index is 5.98. The van der Waals surface area contributed by atoms with E-state index in [-0.39, 0.29) is 0 Å². The van der Waals surface area contributed by atoms with Gasteiger partial charge in [0.15, 0.2) is 0 Å². The third-order valence-electron chi connectivity index (χ3n) is 3.22. The molecule has 0 unspecified atom stereocenters. The van der Waals surface area contributed by atoms with Crippen LogP contribution in [0.3, 0.4) is 0 Å². The van der Waals surface area contributed by atoms with Gasteiger partial charge in [0.1, 0.15) is 17.2 Å². The van der Waals surface area contributed by atoms with Gasteiger partial charge in [-0.2, -0.15) is 0 Å². The highest BCUT2D eigenvalue weighted by Crippen LogP contribution is 2.28. The number of nitrogens with two attached hydrogens (primary N) is 1. The predicted molar refractivity (Wildman–Crippen MR) is 84.3 cm³/mol. The number of ether oxygens (including phenoxy) is 3. The molecule has 0 spiro atoms. The van der Waals surface area contributed by atoms with Crippen LogP contribution in [0, 0.1) is 0 Å². The summed E-state index contributed by atoms with van der Waals surface area (Å²) in [5, 5.41) is 3.29. The molecule has 0 saturated carbocycles. The summed E-state index contributed by atoms with van der Waals surface area (Å²) in [4.78, 5) is 0. The van der Waals surface area contributed by atoms with E-state index in [1.165, 1.54) is 0 Å². The topological polar surface area (TPSA) is 65.7 Å². The van der Waals surface area contributed by atoms with E-state index >= 15 is 0 Å². The largest absolute Gasteiger partial charge is 0.497 e. The molecule has 5 nitrogen and oxygen atoms in total. The highest BCUT2D eigenvalue weighted by molar-refractivity contribution is 5.68. The Kier molecular flexibility index (Phi) is 4.77. The van der Waals surface area contributed by atoms with Gasteiger partial charge in [-0.15, -0.1) is 0 Å². The zero-order chi connectivity index (χ0) is 15.2. The molecule has 0 fully saturated rings. The van der Waals surface area contributed by atoms with Gasteiger partial charge in [0.25, 0.3) is 0 Å². The molecule has 2 aromatic carbocycles. The maximum Gasteiger partial charge on any atom is 0.127 e. The number of anilines is 2. The molecule has 0 bridgehead atoms. The van der Waals surface area contributed by atoms with Crippen LogP contribution in [0.5, 0.6) is 17.2 Å². The lowest BCUT2D eigenvalue weighted by Crippen LogP contribution is -2.04. The molecule has 112 valence electrons. The van der Waals surface area contributed by atoms with Crippen molar-refractivity contribution >= 4 is 11.4 Å². The summed E-state index contributed by atoms with van der Waals surface area (Å²) in [7, 11) is 4.88.